The SMILES string of the molecule is N[C@@H]1CCCC(F)(F)[C@@H]1NC(=O)c1ncc(-c2c(Cl)nn3ccccc23)s1. The van der Waals surface area contributed by atoms with E-state index in [0.717, 1.165) is 16.9 Å². The van der Waals surface area contributed by atoms with Crippen LogP contribution in [-0.2, 0) is 0 Å². The molecular formula is C17H16ClF2N5OS. The number of hydrogen-bond acceptors (Lipinski definition) is 5. The average Bonchev–Trinajstić information content (AvgIpc) is 3.21. The number of fused-ring (bicyclic) bond motifs is 1. The number of pyridine rings is 1. The van der Waals surface area contributed by atoms with Gasteiger partial charge in [-0.3, -0.25) is 4.79 Å². The summed E-state index contributed by atoms with van der Waals surface area (Å²) in [7, 11) is 0. The standard InChI is InChI=1S/C17H16ClF2N5OS/c18-14-12(10-5-1-2-7-25(10)24-14)11-8-22-16(27-11)15(26)23-13-9(21)4-3-6-17(13,19)20/h1-2,5,7-9,13H,3-4,6,21H2,(H,23,26)/t9-,13-/m1/s1. The van der Waals surface area contributed by atoms with Crippen LogP contribution in [0.2, 0.25) is 5.15 Å². The predicted octanol–water partition coefficient (Wildman–Crippen LogP) is 3.36. The summed E-state index contributed by atoms with van der Waals surface area (Å²) in [4.78, 5) is 17.2. The van der Waals surface area contributed by atoms with Gasteiger partial charge >= 0.3 is 0 Å². The van der Waals surface area contributed by atoms with Crippen molar-refractivity contribution in [1.82, 2.24) is 19.9 Å². The highest BCUT2D eigenvalue weighted by Gasteiger charge is 2.46. The van der Waals surface area contributed by atoms with Gasteiger partial charge in [0.15, 0.2) is 10.2 Å². The normalized spacial score (nSPS) is 22.1. The van der Waals surface area contributed by atoms with E-state index < -0.39 is 23.9 Å². The van der Waals surface area contributed by atoms with Crippen LogP contribution in [0.5, 0.6) is 0 Å². The Kier molecular flexibility index (Phi) is 4.61. The zero-order valence-electron chi connectivity index (χ0n) is 14.0. The van der Waals surface area contributed by atoms with Crippen LogP contribution in [0.4, 0.5) is 8.78 Å². The molecule has 3 N–H and O–H groups in total. The predicted molar refractivity (Wildman–Crippen MR) is 99.3 cm³/mol. The molecule has 0 aromatic carbocycles. The molecular weight excluding hydrogens is 396 g/mol. The number of thiazole rings is 1. The lowest BCUT2D eigenvalue weighted by molar-refractivity contribution is -0.0674. The lowest BCUT2D eigenvalue weighted by Crippen LogP contribution is -2.59. The molecule has 27 heavy (non-hydrogen) atoms. The number of nitrogens with zero attached hydrogens (tertiary/aromatic N) is 3. The Bertz CT molecular complexity index is 1000. The van der Waals surface area contributed by atoms with Crippen molar-refractivity contribution < 1.29 is 13.6 Å². The molecule has 142 valence electrons. The number of aromatic nitrogens is 3. The molecule has 6 nitrogen and oxygen atoms in total. The van der Waals surface area contributed by atoms with Crippen LogP contribution in [0.1, 0.15) is 29.1 Å². The number of nitrogens with one attached hydrogen (secondary N) is 1. The summed E-state index contributed by atoms with van der Waals surface area (Å²) in [5.41, 5.74) is 7.21. The fourth-order valence-corrected chi connectivity index (χ4v) is 4.53. The molecule has 3 heterocycles. The number of alkyl halides is 2. The van der Waals surface area contributed by atoms with E-state index in [1.807, 2.05) is 18.2 Å². The molecule has 0 bridgehead atoms. The van der Waals surface area contributed by atoms with Crippen molar-refractivity contribution in [3.8, 4) is 10.4 Å². The van der Waals surface area contributed by atoms with Gasteiger partial charge in [-0.15, -0.1) is 11.3 Å². The van der Waals surface area contributed by atoms with Crippen LogP contribution >= 0.6 is 22.9 Å². The number of halogens is 3. The third-order valence-electron chi connectivity index (χ3n) is 4.66. The first-order chi connectivity index (χ1) is 12.9. The Morgan fingerprint density at radius 1 is 1.44 bits per heavy atom. The molecule has 0 unspecified atom stereocenters. The molecule has 0 aliphatic heterocycles. The van der Waals surface area contributed by atoms with Gasteiger partial charge in [0.25, 0.3) is 11.8 Å². The van der Waals surface area contributed by atoms with Crippen molar-refractivity contribution in [3.05, 3.63) is 40.8 Å². The number of carbonyl (C=O) groups is 1. The van der Waals surface area contributed by atoms with E-state index in [2.05, 4.69) is 15.4 Å². The number of nitrogens with two attached hydrogens (primary N) is 1. The van der Waals surface area contributed by atoms with E-state index >= 15 is 0 Å². The van der Waals surface area contributed by atoms with Crippen molar-refractivity contribution in [2.24, 2.45) is 5.73 Å². The van der Waals surface area contributed by atoms with Crippen LogP contribution < -0.4 is 11.1 Å². The largest absolute Gasteiger partial charge is 0.340 e. The van der Waals surface area contributed by atoms with Gasteiger partial charge in [-0.2, -0.15) is 5.10 Å². The van der Waals surface area contributed by atoms with Crippen molar-refractivity contribution in [2.45, 2.75) is 37.3 Å². The molecule has 4 rings (SSSR count). The maximum atomic E-state index is 14.1. The number of amides is 1. The lowest BCUT2D eigenvalue weighted by Gasteiger charge is -2.36. The first-order valence-electron chi connectivity index (χ1n) is 8.40. The zero-order valence-corrected chi connectivity index (χ0v) is 15.6. The van der Waals surface area contributed by atoms with E-state index in [9.17, 15) is 13.6 Å². The van der Waals surface area contributed by atoms with Gasteiger partial charge < -0.3 is 11.1 Å². The number of carbonyl (C=O) groups excluding carboxylic acids is 1. The molecule has 2 atom stereocenters. The molecule has 1 aliphatic carbocycles. The summed E-state index contributed by atoms with van der Waals surface area (Å²) in [6.07, 6.45) is 3.75. The summed E-state index contributed by atoms with van der Waals surface area (Å²) in [5.74, 6) is -3.69. The second-order valence-corrected chi connectivity index (χ2v) is 7.88. The minimum Gasteiger partial charge on any atom is -0.340 e. The van der Waals surface area contributed by atoms with Gasteiger partial charge in [-0.25, -0.2) is 18.3 Å². The summed E-state index contributed by atoms with van der Waals surface area (Å²) in [5, 5.41) is 6.93. The van der Waals surface area contributed by atoms with Crippen LogP contribution in [0, 0.1) is 0 Å². The molecule has 0 saturated heterocycles. The Hall–Kier alpha value is -2.10. The topological polar surface area (TPSA) is 85.3 Å². The summed E-state index contributed by atoms with van der Waals surface area (Å²) >= 11 is 7.30. The molecule has 0 spiro atoms. The van der Waals surface area contributed by atoms with Crippen LogP contribution in [0.15, 0.2) is 30.6 Å². The maximum absolute atomic E-state index is 14.1. The third kappa shape index (κ3) is 3.30. The quantitative estimate of drug-likeness (QED) is 0.692. The van der Waals surface area contributed by atoms with Gasteiger partial charge in [0.1, 0.15) is 6.04 Å². The van der Waals surface area contributed by atoms with Crippen molar-refractivity contribution in [1.29, 1.82) is 0 Å². The van der Waals surface area contributed by atoms with Crippen molar-refractivity contribution in [3.63, 3.8) is 0 Å². The Balaban J connectivity index is 1.60. The fourth-order valence-electron chi connectivity index (χ4n) is 3.32. The number of rotatable bonds is 3. The molecule has 10 heteroatoms. The van der Waals surface area contributed by atoms with Crippen LogP contribution in [-0.4, -0.2) is 38.5 Å². The Morgan fingerprint density at radius 3 is 3.04 bits per heavy atom. The van der Waals surface area contributed by atoms with Gasteiger partial charge in [0.2, 0.25) is 0 Å². The Labute approximate surface area is 162 Å². The molecule has 3 aromatic heterocycles. The van der Waals surface area contributed by atoms with Crippen molar-refractivity contribution in [2.75, 3.05) is 0 Å². The van der Waals surface area contributed by atoms with Crippen LogP contribution in [0.25, 0.3) is 16.0 Å². The molecule has 3 aromatic rings. The third-order valence-corrected chi connectivity index (χ3v) is 5.94. The Morgan fingerprint density at radius 2 is 2.26 bits per heavy atom. The summed E-state index contributed by atoms with van der Waals surface area (Å²) in [6.45, 7) is 0. The van der Waals surface area contributed by atoms with E-state index in [1.54, 1.807) is 10.7 Å². The lowest BCUT2D eigenvalue weighted by atomic mass is 9.87. The minimum atomic E-state index is -3.03. The highest BCUT2D eigenvalue weighted by molar-refractivity contribution is 7.17. The highest BCUT2D eigenvalue weighted by atomic mass is 35.5. The molecule has 1 aliphatic rings. The summed E-state index contributed by atoms with van der Waals surface area (Å²) < 4.78 is 29.8. The second kappa shape index (κ2) is 6.81. The van der Waals surface area contributed by atoms with E-state index in [1.165, 1.54) is 6.20 Å². The molecule has 1 amide bonds. The van der Waals surface area contributed by atoms with Gasteiger partial charge in [-0.05, 0) is 25.0 Å². The van der Waals surface area contributed by atoms with E-state index in [0.29, 0.717) is 23.3 Å². The minimum absolute atomic E-state index is 0.0740. The van der Waals surface area contributed by atoms with Gasteiger partial charge in [0.05, 0.1) is 16.0 Å². The first-order valence-corrected chi connectivity index (χ1v) is 9.59. The zero-order chi connectivity index (χ0) is 19.2. The smallest absolute Gasteiger partial charge is 0.280 e. The first kappa shape index (κ1) is 18.3. The summed E-state index contributed by atoms with van der Waals surface area (Å²) in [6, 6.07) is 3.32. The molecule has 1 fully saturated rings. The average molecular weight is 412 g/mol. The van der Waals surface area contributed by atoms with Gasteiger partial charge in [0, 0.05) is 24.9 Å². The van der Waals surface area contributed by atoms with Crippen molar-refractivity contribution >= 4 is 34.4 Å². The fraction of sp³-hybridized carbons (Fsp3) is 0.353. The van der Waals surface area contributed by atoms with Gasteiger partial charge in [-0.1, -0.05) is 17.7 Å². The van der Waals surface area contributed by atoms with E-state index in [-0.39, 0.29) is 16.6 Å². The van der Waals surface area contributed by atoms with E-state index in [4.69, 9.17) is 17.3 Å². The van der Waals surface area contributed by atoms with Crippen LogP contribution in [0.3, 0.4) is 0 Å². The maximum Gasteiger partial charge on any atom is 0.280 e. The number of hydrogen-bond donors (Lipinski definition) is 2. The highest BCUT2D eigenvalue weighted by Crippen LogP contribution is 2.36. The second-order valence-electron chi connectivity index (χ2n) is 6.49. The molecule has 0 radical (unpaired) electrons. The molecule has 1 saturated carbocycles. The monoisotopic (exact) mass is 411 g/mol.